The van der Waals surface area contributed by atoms with Crippen molar-refractivity contribution in [2.75, 3.05) is 20.2 Å². The summed E-state index contributed by atoms with van der Waals surface area (Å²) < 4.78 is 7.00. The van der Waals surface area contributed by atoms with Crippen LogP contribution in [0.5, 0.6) is 0 Å². The molecule has 5 atom stereocenters. The molecular weight excluding hydrogens is 382 g/mol. The molecule has 0 aromatic heterocycles. The number of piperidine rings is 1. The monoisotopic (exact) mass is 411 g/mol. The highest BCUT2D eigenvalue weighted by atomic mass is 79.9. The van der Waals surface area contributed by atoms with Crippen molar-refractivity contribution in [3.05, 3.63) is 35.9 Å². The lowest BCUT2D eigenvalue weighted by atomic mass is 9.95. The summed E-state index contributed by atoms with van der Waals surface area (Å²) in [5, 5.41) is 9.64. The van der Waals surface area contributed by atoms with E-state index in [1.807, 2.05) is 30.3 Å². The van der Waals surface area contributed by atoms with Gasteiger partial charge in [-0.15, -0.1) is 0 Å². The third-order valence-corrected chi connectivity index (χ3v) is 6.23. The molecule has 0 spiro atoms. The van der Waals surface area contributed by atoms with Gasteiger partial charge in [0.15, 0.2) is 0 Å². The van der Waals surface area contributed by atoms with Gasteiger partial charge in [0.25, 0.3) is 0 Å². The van der Waals surface area contributed by atoms with Crippen molar-refractivity contribution in [1.29, 1.82) is 0 Å². The number of ether oxygens (including phenoxy) is 1. The molecule has 1 aromatic rings. The van der Waals surface area contributed by atoms with Crippen LogP contribution in [0, 0.1) is 0 Å². The van der Waals surface area contributed by atoms with Gasteiger partial charge in [-0.2, -0.15) is 0 Å². The first-order valence-corrected chi connectivity index (χ1v) is 9.29. The van der Waals surface area contributed by atoms with Crippen LogP contribution in [0.4, 0.5) is 0 Å². The summed E-state index contributed by atoms with van der Waals surface area (Å²) in [6.45, 7) is 3.27. The Morgan fingerprint density at radius 2 is 1.84 bits per heavy atom. The maximum absolute atomic E-state index is 12.6. The van der Waals surface area contributed by atoms with Crippen molar-refractivity contribution in [3.8, 4) is 0 Å². The Kier molecular flexibility index (Phi) is 7.06. The second-order valence-electron chi connectivity index (χ2n) is 7.63. The lowest BCUT2D eigenvalue weighted by Gasteiger charge is -2.46. The van der Waals surface area contributed by atoms with Crippen molar-refractivity contribution in [2.45, 2.75) is 63.1 Å². The molecule has 3 rings (SSSR count). The van der Waals surface area contributed by atoms with Gasteiger partial charge in [-0.25, -0.2) is 0 Å². The Hall–Kier alpha value is -0.910. The highest BCUT2D eigenvalue weighted by Crippen LogP contribution is 2.42. The molecule has 2 saturated heterocycles. The van der Waals surface area contributed by atoms with Gasteiger partial charge in [0.2, 0.25) is 0 Å². The smallest absolute Gasteiger partial charge is 0.316 e. The van der Waals surface area contributed by atoms with E-state index in [-0.39, 0.29) is 35.7 Å². The maximum Gasteiger partial charge on any atom is 0.316 e. The van der Waals surface area contributed by atoms with Gasteiger partial charge in [-0.1, -0.05) is 37.3 Å². The summed E-state index contributed by atoms with van der Waals surface area (Å²) in [6, 6.07) is 10.7. The Labute approximate surface area is 161 Å². The Morgan fingerprint density at radius 3 is 2.36 bits per heavy atom. The van der Waals surface area contributed by atoms with Gasteiger partial charge in [0, 0.05) is 25.7 Å². The van der Waals surface area contributed by atoms with Crippen LogP contribution in [-0.4, -0.2) is 53.9 Å². The number of hydrogen-bond donors (Lipinski definition) is 1. The Balaban J connectivity index is 0.00000225. The highest BCUT2D eigenvalue weighted by Gasteiger charge is 2.52. The minimum atomic E-state index is -0.567. The maximum atomic E-state index is 12.6. The van der Waals surface area contributed by atoms with Crippen molar-refractivity contribution in [1.82, 2.24) is 0 Å². The van der Waals surface area contributed by atoms with E-state index in [2.05, 4.69) is 14.0 Å². The minimum Gasteiger partial charge on any atom is -1.00 e. The van der Waals surface area contributed by atoms with Crippen molar-refractivity contribution in [3.63, 3.8) is 0 Å². The number of halogens is 1. The van der Waals surface area contributed by atoms with E-state index in [1.54, 1.807) is 0 Å². The number of nitrogens with zero attached hydrogens (tertiary/aromatic N) is 1. The van der Waals surface area contributed by atoms with Crippen LogP contribution in [0.3, 0.4) is 0 Å². The van der Waals surface area contributed by atoms with Crippen LogP contribution in [0.15, 0.2) is 30.3 Å². The number of hydrogen-bond acceptors (Lipinski definition) is 3. The number of quaternary nitrogens is 1. The van der Waals surface area contributed by atoms with Gasteiger partial charge < -0.3 is 31.3 Å². The number of esters is 1. The van der Waals surface area contributed by atoms with Crippen molar-refractivity contribution >= 4 is 5.97 Å². The first-order valence-electron chi connectivity index (χ1n) is 9.29. The first kappa shape index (κ1) is 20.4. The second kappa shape index (κ2) is 8.65. The zero-order valence-corrected chi connectivity index (χ0v) is 16.8. The number of fused-ring (bicyclic) bond motifs is 2. The molecule has 25 heavy (non-hydrogen) atoms. The number of carbonyl (C=O) groups is 1. The van der Waals surface area contributed by atoms with Crippen LogP contribution in [0.1, 0.15) is 50.5 Å². The summed E-state index contributed by atoms with van der Waals surface area (Å²) in [6.07, 6.45) is 5.64. The average Bonchev–Trinajstić information content (AvgIpc) is 2.75. The molecule has 5 heteroatoms. The van der Waals surface area contributed by atoms with E-state index in [4.69, 9.17) is 4.74 Å². The molecular formula is C20H30BrNO3. The van der Waals surface area contributed by atoms with E-state index >= 15 is 0 Å². The van der Waals surface area contributed by atoms with Gasteiger partial charge in [0.1, 0.15) is 12.0 Å². The van der Waals surface area contributed by atoms with Crippen LogP contribution in [-0.2, 0) is 9.53 Å². The first-order chi connectivity index (χ1) is 11.6. The summed E-state index contributed by atoms with van der Waals surface area (Å²) in [4.78, 5) is 12.6. The third-order valence-electron chi connectivity index (χ3n) is 6.23. The van der Waals surface area contributed by atoms with Crippen LogP contribution in [0.2, 0.25) is 0 Å². The minimum absolute atomic E-state index is 0. The standard InChI is InChI=1S/C20H30NO3.BrH/c1-3-11-21(2)16-9-10-17(21)13-18(12-16)24-20(23)19(14-22)15-7-5-4-6-8-15;/h4-8,16-19,22H,3,9-14H2,1-2H3;1H/q+1;/p-1/t16-,17+,18?,19-,21?;/m1./s1. The normalized spacial score (nSPS) is 31.9. The zero-order chi connectivity index (χ0) is 17.2. The van der Waals surface area contributed by atoms with Crippen molar-refractivity contribution in [2.24, 2.45) is 0 Å². The fraction of sp³-hybridized carbons (Fsp3) is 0.650. The molecule has 0 aliphatic carbocycles. The summed E-state index contributed by atoms with van der Waals surface area (Å²) in [5.41, 5.74) is 0.829. The number of rotatable bonds is 6. The molecule has 2 aliphatic rings. The molecule has 2 aliphatic heterocycles. The molecule has 4 nitrogen and oxygen atoms in total. The molecule has 2 unspecified atom stereocenters. The predicted octanol–water partition coefficient (Wildman–Crippen LogP) is -0.140. The molecule has 0 saturated carbocycles. The molecule has 2 fully saturated rings. The quantitative estimate of drug-likeness (QED) is 0.523. The zero-order valence-electron chi connectivity index (χ0n) is 15.2. The fourth-order valence-electron chi connectivity index (χ4n) is 4.88. The van der Waals surface area contributed by atoms with E-state index in [9.17, 15) is 9.90 Å². The van der Waals surface area contributed by atoms with Crippen LogP contribution >= 0.6 is 0 Å². The van der Waals surface area contributed by atoms with Crippen LogP contribution < -0.4 is 17.0 Å². The molecule has 1 aromatic carbocycles. The van der Waals surface area contributed by atoms with Gasteiger partial charge in [-0.05, 0) is 12.0 Å². The molecule has 0 radical (unpaired) electrons. The Morgan fingerprint density at radius 1 is 1.24 bits per heavy atom. The third kappa shape index (κ3) is 4.09. The summed E-state index contributed by atoms with van der Waals surface area (Å²) >= 11 is 0. The molecule has 140 valence electrons. The van der Waals surface area contributed by atoms with Gasteiger partial charge >= 0.3 is 5.97 Å². The molecule has 2 heterocycles. The fourth-order valence-corrected chi connectivity index (χ4v) is 4.88. The van der Waals surface area contributed by atoms with E-state index in [1.165, 1.54) is 25.8 Å². The summed E-state index contributed by atoms with van der Waals surface area (Å²) in [7, 11) is 2.38. The molecule has 0 amide bonds. The van der Waals surface area contributed by atoms with Gasteiger partial charge in [0.05, 0.1) is 32.3 Å². The average molecular weight is 412 g/mol. The van der Waals surface area contributed by atoms with Gasteiger partial charge in [-0.3, -0.25) is 4.79 Å². The van der Waals surface area contributed by atoms with E-state index < -0.39 is 5.92 Å². The number of benzene rings is 1. The molecule has 2 bridgehead atoms. The van der Waals surface area contributed by atoms with Crippen LogP contribution in [0.25, 0.3) is 0 Å². The number of aliphatic hydroxyl groups excluding tert-OH is 1. The molecule has 1 N–H and O–H groups in total. The number of aliphatic hydroxyl groups is 1. The highest BCUT2D eigenvalue weighted by molar-refractivity contribution is 5.78. The topological polar surface area (TPSA) is 46.5 Å². The SMILES string of the molecule is CCC[N+]1(C)[C@@H]2CC[C@H]1CC(OC(=O)[C@H](CO)c1ccccc1)C2.[Br-]. The van der Waals surface area contributed by atoms with Crippen molar-refractivity contribution < 1.29 is 36.1 Å². The predicted molar refractivity (Wildman–Crippen MR) is 93.5 cm³/mol. The lowest BCUT2D eigenvalue weighted by Crippen LogP contribution is -3.00. The second-order valence-corrected chi connectivity index (χ2v) is 7.63. The summed E-state index contributed by atoms with van der Waals surface area (Å²) in [5.74, 6) is -0.845. The van der Waals surface area contributed by atoms with E-state index in [0.717, 1.165) is 22.9 Å². The number of carbonyl (C=O) groups excluding carboxylic acids is 1. The largest absolute Gasteiger partial charge is 1.00 e. The Bertz CT molecular complexity index is 551. The lowest BCUT2D eigenvalue weighted by molar-refractivity contribution is -0.949. The van der Waals surface area contributed by atoms with E-state index in [0.29, 0.717) is 12.1 Å².